The Bertz CT molecular complexity index is 252. The van der Waals surface area contributed by atoms with Crippen LogP contribution in [-0.2, 0) is 4.74 Å². The van der Waals surface area contributed by atoms with Gasteiger partial charge in [-0.15, -0.1) is 0 Å². The molecule has 4 heteroatoms. The van der Waals surface area contributed by atoms with Crippen molar-refractivity contribution in [1.29, 1.82) is 0 Å². The summed E-state index contributed by atoms with van der Waals surface area (Å²) in [4.78, 5) is 2.63. The molecule has 0 amide bonds. The van der Waals surface area contributed by atoms with Crippen molar-refractivity contribution in [2.24, 2.45) is 0 Å². The molecule has 18 heavy (non-hydrogen) atoms. The second-order valence-electron chi connectivity index (χ2n) is 5.58. The zero-order valence-corrected chi connectivity index (χ0v) is 12.8. The molecule has 0 saturated carbocycles. The van der Waals surface area contributed by atoms with Crippen molar-refractivity contribution in [3.63, 3.8) is 0 Å². The van der Waals surface area contributed by atoms with E-state index >= 15 is 0 Å². The van der Waals surface area contributed by atoms with Crippen LogP contribution in [0.5, 0.6) is 0 Å². The van der Waals surface area contributed by atoms with Gasteiger partial charge in [-0.3, -0.25) is 4.90 Å². The van der Waals surface area contributed by atoms with Gasteiger partial charge >= 0.3 is 0 Å². The largest absolute Gasteiger partial charge is 0.372 e. The summed E-state index contributed by atoms with van der Waals surface area (Å²) in [5.74, 6) is 1.28. The van der Waals surface area contributed by atoms with E-state index in [1.807, 2.05) is 0 Å². The SMILES string of the molecule is CCNCC1CCC(CN2CCSC(C)C2C)O1. The zero-order chi connectivity index (χ0) is 13.0. The van der Waals surface area contributed by atoms with Gasteiger partial charge in [-0.05, 0) is 26.3 Å². The lowest BCUT2D eigenvalue weighted by atomic mass is 10.1. The molecule has 0 bridgehead atoms. The van der Waals surface area contributed by atoms with Crippen molar-refractivity contribution in [3.05, 3.63) is 0 Å². The molecule has 0 aromatic heterocycles. The molecule has 0 aromatic rings. The second kappa shape index (κ2) is 7.13. The van der Waals surface area contributed by atoms with E-state index in [9.17, 15) is 0 Å². The molecule has 2 rings (SSSR count). The van der Waals surface area contributed by atoms with Gasteiger partial charge in [0.25, 0.3) is 0 Å². The number of likely N-dealkylation sites (N-methyl/N-ethyl adjacent to an activating group) is 1. The highest BCUT2D eigenvalue weighted by molar-refractivity contribution is 8.00. The van der Waals surface area contributed by atoms with Crippen LogP contribution in [-0.4, -0.2) is 60.3 Å². The minimum atomic E-state index is 0.446. The lowest BCUT2D eigenvalue weighted by molar-refractivity contribution is 0.0167. The van der Waals surface area contributed by atoms with Crippen molar-refractivity contribution in [2.45, 2.75) is 57.1 Å². The van der Waals surface area contributed by atoms with E-state index < -0.39 is 0 Å². The average molecular weight is 272 g/mol. The van der Waals surface area contributed by atoms with Gasteiger partial charge < -0.3 is 10.1 Å². The summed E-state index contributed by atoms with van der Waals surface area (Å²) < 4.78 is 6.14. The van der Waals surface area contributed by atoms with Gasteiger partial charge in [0.15, 0.2) is 0 Å². The first kappa shape index (κ1) is 14.6. The molecular formula is C14H28N2OS. The third-order valence-corrected chi connectivity index (χ3v) is 5.61. The molecule has 0 spiro atoms. The van der Waals surface area contributed by atoms with Gasteiger partial charge in [0.05, 0.1) is 12.2 Å². The molecule has 2 heterocycles. The van der Waals surface area contributed by atoms with Gasteiger partial charge in [-0.1, -0.05) is 13.8 Å². The summed E-state index contributed by atoms with van der Waals surface area (Å²) >= 11 is 2.11. The van der Waals surface area contributed by atoms with Gasteiger partial charge in [0, 0.05) is 36.7 Å². The Morgan fingerprint density at radius 2 is 2.06 bits per heavy atom. The molecule has 1 N–H and O–H groups in total. The Labute approximate surface area is 116 Å². The first-order chi connectivity index (χ1) is 8.70. The summed E-state index contributed by atoms with van der Waals surface area (Å²) in [5, 5.41) is 4.15. The molecule has 4 atom stereocenters. The molecule has 3 nitrogen and oxygen atoms in total. The summed E-state index contributed by atoms with van der Waals surface area (Å²) in [6, 6.07) is 0.695. The average Bonchev–Trinajstić information content (AvgIpc) is 2.80. The molecule has 2 aliphatic rings. The summed E-state index contributed by atoms with van der Waals surface area (Å²) in [7, 11) is 0. The monoisotopic (exact) mass is 272 g/mol. The quantitative estimate of drug-likeness (QED) is 0.827. The maximum Gasteiger partial charge on any atom is 0.0707 e. The van der Waals surface area contributed by atoms with E-state index in [-0.39, 0.29) is 0 Å². The van der Waals surface area contributed by atoms with Crippen molar-refractivity contribution in [2.75, 3.05) is 31.9 Å². The Kier molecular flexibility index (Phi) is 5.80. The zero-order valence-electron chi connectivity index (χ0n) is 12.0. The van der Waals surface area contributed by atoms with Crippen LogP contribution < -0.4 is 5.32 Å². The minimum absolute atomic E-state index is 0.446. The van der Waals surface area contributed by atoms with Crippen LogP contribution in [0.15, 0.2) is 0 Å². The molecule has 4 unspecified atom stereocenters. The van der Waals surface area contributed by atoms with Gasteiger partial charge in [0.1, 0.15) is 0 Å². The molecule has 0 aliphatic carbocycles. The molecular weight excluding hydrogens is 244 g/mol. The van der Waals surface area contributed by atoms with Gasteiger partial charge in [0.2, 0.25) is 0 Å². The van der Waals surface area contributed by atoms with E-state index in [2.05, 4.69) is 42.7 Å². The topological polar surface area (TPSA) is 24.5 Å². The predicted octanol–water partition coefficient (Wildman–Crippen LogP) is 1.97. The van der Waals surface area contributed by atoms with Crippen LogP contribution in [0.1, 0.15) is 33.6 Å². The second-order valence-corrected chi connectivity index (χ2v) is 7.06. The lowest BCUT2D eigenvalue weighted by Crippen LogP contribution is -2.47. The van der Waals surface area contributed by atoms with E-state index in [1.54, 1.807) is 0 Å². The Balaban J connectivity index is 1.73. The van der Waals surface area contributed by atoms with Crippen LogP contribution in [0.4, 0.5) is 0 Å². The van der Waals surface area contributed by atoms with Crippen LogP contribution in [0, 0.1) is 0 Å². The molecule has 2 saturated heterocycles. The van der Waals surface area contributed by atoms with Crippen molar-refractivity contribution in [3.8, 4) is 0 Å². The van der Waals surface area contributed by atoms with E-state index in [0.717, 1.165) is 24.9 Å². The van der Waals surface area contributed by atoms with Crippen LogP contribution in [0.2, 0.25) is 0 Å². The normalized spacial score (nSPS) is 38.2. The number of rotatable bonds is 5. The molecule has 0 aromatic carbocycles. The number of hydrogen-bond donors (Lipinski definition) is 1. The van der Waals surface area contributed by atoms with E-state index in [0.29, 0.717) is 18.2 Å². The highest BCUT2D eigenvalue weighted by Gasteiger charge is 2.31. The molecule has 2 aliphatic heterocycles. The fraction of sp³-hybridized carbons (Fsp3) is 1.00. The third-order valence-electron chi connectivity index (χ3n) is 4.27. The first-order valence-corrected chi connectivity index (χ1v) is 8.47. The highest BCUT2D eigenvalue weighted by Crippen LogP contribution is 2.27. The van der Waals surface area contributed by atoms with Gasteiger partial charge in [-0.2, -0.15) is 11.8 Å². The molecule has 0 radical (unpaired) electrons. The first-order valence-electron chi connectivity index (χ1n) is 7.42. The van der Waals surface area contributed by atoms with Gasteiger partial charge in [-0.25, -0.2) is 0 Å². The fourth-order valence-electron chi connectivity index (χ4n) is 2.88. The third kappa shape index (κ3) is 3.86. The lowest BCUT2D eigenvalue weighted by Gasteiger charge is -2.38. The highest BCUT2D eigenvalue weighted by atomic mass is 32.2. The fourth-order valence-corrected chi connectivity index (χ4v) is 4.05. The smallest absolute Gasteiger partial charge is 0.0707 e. The maximum atomic E-state index is 6.14. The van der Waals surface area contributed by atoms with Crippen LogP contribution >= 0.6 is 11.8 Å². The number of nitrogens with one attached hydrogen (secondary N) is 1. The summed E-state index contributed by atoms with van der Waals surface area (Å²) in [6.07, 6.45) is 3.37. The molecule has 106 valence electrons. The number of hydrogen-bond acceptors (Lipinski definition) is 4. The van der Waals surface area contributed by atoms with Crippen molar-refractivity contribution >= 4 is 11.8 Å². The minimum Gasteiger partial charge on any atom is -0.372 e. The maximum absolute atomic E-state index is 6.14. The predicted molar refractivity (Wildman–Crippen MR) is 79.4 cm³/mol. The Morgan fingerprint density at radius 1 is 1.28 bits per heavy atom. The van der Waals surface area contributed by atoms with Crippen molar-refractivity contribution < 1.29 is 4.74 Å². The van der Waals surface area contributed by atoms with E-state index in [4.69, 9.17) is 4.74 Å². The summed E-state index contributed by atoms with van der Waals surface area (Å²) in [6.45, 7) is 11.3. The summed E-state index contributed by atoms with van der Waals surface area (Å²) in [5.41, 5.74) is 0. The number of ether oxygens (including phenoxy) is 1. The number of thioether (sulfide) groups is 1. The Morgan fingerprint density at radius 3 is 2.83 bits per heavy atom. The van der Waals surface area contributed by atoms with Crippen LogP contribution in [0.25, 0.3) is 0 Å². The van der Waals surface area contributed by atoms with E-state index in [1.165, 1.54) is 25.1 Å². The standard InChI is InChI=1S/C14H28N2OS/c1-4-15-9-13-5-6-14(17-13)10-16-7-8-18-12(3)11(16)2/h11-15H,4-10H2,1-3H3. The van der Waals surface area contributed by atoms with Crippen LogP contribution in [0.3, 0.4) is 0 Å². The number of nitrogens with zero attached hydrogens (tertiary/aromatic N) is 1. The molecule has 2 fully saturated rings. The Hall–Kier alpha value is 0.230. The van der Waals surface area contributed by atoms with Crippen molar-refractivity contribution in [1.82, 2.24) is 10.2 Å².